The summed E-state index contributed by atoms with van der Waals surface area (Å²) < 4.78 is 11.1. The molecule has 2 aromatic rings. The number of amides is 1. The highest BCUT2D eigenvalue weighted by Crippen LogP contribution is 2.40. The van der Waals surface area contributed by atoms with Crippen LogP contribution in [0.15, 0.2) is 47.6 Å². The lowest BCUT2D eigenvalue weighted by Gasteiger charge is -2.31. The summed E-state index contributed by atoms with van der Waals surface area (Å²) in [7, 11) is 3.27. The van der Waals surface area contributed by atoms with Crippen LogP contribution in [0.3, 0.4) is 0 Å². The Morgan fingerprint density at radius 1 is 1.12 bits per heavy atom. The van der Waals surface area contributed by atoms with Crippen molar-refractivity contribution < 1.29 is 14.3 Å². The summed E-state index contributed by atoms with van der Waals surface area (Å²) in [4.78, 5) is 15.7. The number of rotatable bonds is 6. The fourth-order valence-corrected chi connectivity index (χ4v) is 4.67. The van der Waals surface area contributed by atoms with Crippen molar-refractivity contribution >= 4 is 23.2 Å². The van der Waals surface area contributed by atoms with Crippen LogP contribution in [0.1, 0.15) is 43.4 Å². The van der Waals surface area contributed by atoms with E-state index >= 15 is 0 Å². The van der Waals surface area contributed by atoms with Gasteiger partial charge >= 0.3 is 0 Å². The van der Waals surface area contributed by atoms with Crippen LogP contribution in [-0.4, -0.2) is 55.4 Å². The number of likely N-dealkylation sites (tertiary alicyclic amines) is 1. The number of hydrogen-bond donors (Lipinski definition) is 0. The van der Waals surface area contributed by atoms with Crippen molar-refractivity contribution in [3.8, 4) is 11.5 Å². The lowest BCUT2D eigenvalue weighted by atomic mass is 9.97. The third-order valence-corrected chi connectivity index (χ3v) is 6.71. The Morgan fingerprint density at radius 2 is 1.88 bits per heavy atom. The summed E-state index contributed by atoms with van der Waals surface area (Å²) in [5.74, 6) is 2.11. The van der Waals surface area contributed by atoms with Crippen LogP contribution in [0.4, 0.5) is 0 Å². The molecule has 0 saturated carbocycles. The van der Waals surface area contributed by atoms with E-state index in [1.54, 1.807) is 19.2 Å². The molecule has 7 heteroatoms. The minimum atomic E-state index is -0.289. The molecule has 0 bridgehead atoms. The predicted octanol–water partition coefficient (Wildman–Crippen LogP) is 4.77. The molecule has 0 aromatic heterocycles. The van der Waals surface area contributed by atoms with Crippen LogP contribution in [0, 0.1) is 5.92 Å². The first kappa shape index (κ1) is 22.6. The minimum Gasteiger partial charge on any atom is -0.497 e. The third-order valence-electron chi connectivity index (χ3n) is 6.38. The molecule has 1 atom stereocenters. The van der Waals surface area contributed by atoms with Crippen molar-refractivity contribution in [2.24, 2.45) is 11.0 Å². The number of halogens is 1. The monoisotopic (exact) mass is 455 g/mol. The predicted molar refractivity (Wildman–Crippen MR) is 127 cm³/mol. The highest BCUT2D eigenvalue weighted by Gasteiger charge is 2.36. The van der Waals surface area contributed by atoms with E-state index in [4.69, 9.17) is 26.2 Å². The van der Waals surface area contributed by atoms with Gasteiger partial charge in [0.25, 0.3) is 5.91 Å². The molecule has 0 N–H and O–H groups in total. The van der Waals surface area contributed by atoms with Gasteiger partial charge in [0.2, 0.25) is 0 Å². The Balaban J connectivity index is 1.67. The summed E-state index contributed by atoms with van der Waals surface area (Å²) in [6.07, 6.45) is 2.79. The van der Waals surface area contributed by atoms with E-state index in [9.17, 15) is 4.79 Å². The molecule has 1 amide bonds. The van der Waals surface area contributed by atoms with Gasteiger partial charge in [0, 0.05) is 22.6 Å². The average molecular weight is 456 g/mol. The van der Waals surface area contributed by atoms with Gasteiger partial charge in [-0.05, 0) is 56.1 Å². The van der Waals surface area contributed by atoms with Gasteiger partial charge in [-0.25, -0.2) is 5.01 Å². The lowest BCUT2D eigenvalue weighted by molar-refractivity contribution is -0.134. The fourth-order valence-electron chi connectivity index (χ4n) is 4.42. The van der Waals surface area contributed by atoms with Gasteiger partial charge in [-0.1, -0.05) is 36.7 Å². The van der Waals surface area contributed by atoms with Crippen LogP contribution in [-0.2, 0) is 4.79 Å². The summed E-state index contributed by atoms with van der Waals surface area (Å²) >= 11 is 6.46. The van der Waals surface area contributed by atoms with Crippen LogP contribution >= 0.6 is 11.6 Å². The van der Waals surface area contributed by atoms with Crippen molar-refractivity contribution in [3.63, 3.8) is 0 Å². The van der Waals surface area contributed by atoms with Crippen molar-refractivity contribution in [1.29, 1.82) is 0 Å². The normalized spacial score (nSPS) is 19.7. The zero-order valence-electron chi connectivity index (χ0n) is 18.9. The Morgan fingerprint density at radius 3 is 2.56 bits per heavy atom. The molecule has 0 aliphatic carbocycles. The second kappa shape index (κ2) is 9.92. The Kier molecular flexibility index (Phi) is 7.01. The van der Waals surface area contributed by atoms with Crippen molar-refractivity contribution in [3.05, 3.63) is 58.6 Å². The first-order chi connectivity index (χ1) is 15.5. The summed E-state index contributed by atoms with van der Waals surface area (Å²) in [6, 6.07) is 13.0. The number of hydrogen-bond acceptors (Lipinski definition) is 5. The Bertz CT molecular complexity index is 1000. The lowest BCUT2D eigenvalue weighted by Crippen LogP contribution is -2.41. The molecule has 2 heterocycles. The maximum absolute atomic E-state index is 13.5. The molecule has 2 aliphatic rings. The van der Waals surface area contributed by atoms with Crippen LogP contribution < -0.4 is 9.47 Å². The summed E-state index contributed by atoms with van der Waals surface area (Å²) in [5, 5.41) is 7.03. The first-order valence-electron chi connectivity index (χ1n) is 11.1. The van der Waals surface area contributed by atoms with Gasteiger partial charge in [0.05, 0.1) is 32.5 Å². The number of ether oxygens (including phenoxy) is 2. The number of carbonyl (C=O) groups is 1. The molecule has 170 valence electrons. The highest BCUT2D eigenvalue weighted by molar-refractivity contribution is 6.34. The Labute approximate surface area is 194 Å². The van der Waals surface area contributed by atoms with Crippen LogP contribution in [0.5, 0.6) is 11.5 Å². The summed E-state index contributed by atoms with van der Waals surface area (Å²) in [6.45, 7) is 4.50. The van der Waals surface area contributed by atoms with E-state index < -0.39 is 0 Å². The molecule has 1 fully saturated rings. The molecule has 6 nitrogen and oxygen atoms in total. The molecule has 32 heavy (non-hydrogen) atoms. The van der Waals surface area contributed by atoms with Gasteiger partial charge in [-0.3, -0.25) is 9.69 Å². The van der Waals surface area contributed by atoms with Crippen molar-refractivity contribution in [2.45, 2.75) is 32.2 Å². The first-order valence-corrected chi connectivity index (χ1v) is 11.5. The van der Waals surface area contributed by atoms with E-state index in [-0.39, 0.29) is 11.9 Å². The minimum absolute atomic E-state index is 0.0171. The van der Waals surface area contributed by atoms with Gasteiger partial charge in [-0.2, -0.15) is 5.10 Å². The van der Waals surface area contributed by atoms with E-state index in [0.717, 1.165) is 42.8 Å². The molecule has 0 spiro atoms. The molecule has 0 unspecified atom stereocenters. The van der Waals surface area contributed by atoms with E-state index in [1.807, 2.05) is 42.5 Å². The van der Waals surface area contributed by atoms with Gasteiger partial charge in [0.1, 0.15) is 11.5 Å². The fraction of sp³-hybridized carbons (Fsp3) is 0.440. The standard InChI is InChI=1S/C25H30ClN3O3/c1-17-10-12-28(13-11-17)16-25(30)29-23(20-14-18(31-2)8-9-24(20)32-3)15-22(27-29)19-6-4-5-7-21(19)26/h4-9,14,17,23H,10-13,15-16H2,1-3H3/t23-/m0/s1. The number of carbonyl (C=O) groups excluding carboxylic acids is 1. The van der Waals surface area contributed by atoms with E-state index in [1.165, 1.54) is 0 Å². The third kappa shape index (κ3) is 4.76. The van der Waals surface area contributed by atoms with Gasteiger partial charge in [-0.15, -0.1) is 0 Å². The zero-order chi connectivity index (χ0) is 22.7. The second-order valence-electron chi connectivity index (χ2n) is 8.55. The van der Waals surface area contributed by atoms with E-state index in [2.05, 4.69) is 11.8 Å². The Hall–Kier alpha value is -2.57. The van der Waals surface area contributed by atoms with Crippen LogP contribution in [0.2, 0.25) is 5.02 Å². The number of piperidine rings is 1. The molecular weight excluding hydrogens is 426 g/mol. The molecule has 2 aromatic carbocycles. The number of benzene rings is 2. The van der Waals surface area contributed by atoms with Crippen molar-refractivity contribution in [2.75, 3.05) is 33.9 Å². The maximum atomic E-state index is 13.5. The van der Waals surface area contributed by atoms with Crippen molar-refractivity contribution in [1.82, 2.24) is 9.91 Å². The molecular formula is C25H30ClN3O3. The summed E-state index contributed by atoms with van der Waals surface area (Å²) in [5.41, 5.74) is 2.52. The zero-order valence-corrected chi connectivity index (χ0v) is 19.6. The molecule has 0 radical (unpaired) electrons. The smallest absolute Gasteiger partial charge is 0.257 e. The van der Waals surface area contributed by atoms with Crippen LogP contribution in [0.25, 0.3) is 0 Å². The SMILES string of the molecule is COc1ccc(OC)c([C@@H]2CC(c3ccccc3Cl)=NN2C(=O)CN2CCC(C)CC2)c1. The highest BCUT2D eigenvalue weighted by atomic mass is 35.5. The van der Waals surface area contributed by atoms with Gasteiger partial charge in [0.15, 0.2) is 0 Å². The average Bonchev–Trinajstić information content (AvgIpc) is 3.25. The number of methoxy groups -OCH3 is 2. The largest absolute Gasteiger partial charge is 0.497 e. The molecule has 4 rings (SSSR count). The quantitative estimate of drug-likeness (QED) is 0.629. The second-order valence-corrected chi connectivity index (χ2v) is 8.96. The van der Waals surface area contributed by atoms with E-state index in [0.29, 0.717) is 35.4 Å². The number of hydrazone groups is 1. The number of nitrogens with zero attached hydrogens (tertiary/aromatic N) is 3. The molecule has 2 aliphatic heterocycles. The topological polar surface area (TPSA) is 54.4 Å². The maximum Gasteiger partial charge on any atom is 0.257 e. The van der Waals surface area contributed by atoms with Gasteiger partial charge < -0.3 is 9.47 Å². The molecule has 1 saturated heterocycles.